The van der Waals surface area contributed by atoms with E-state index in [1.165, 1.54) is 42.0 Å². The van der Waals surface area contributed by atoms with Crippen LogP contribution < -0.4 is 10.6 Å². The zero-order valence-corrected chi connectivity index (χ0v) is 18.0. The van der Waals surface area contributed by atoms with Gasteiger partial charge in [0.2, 0.25) is 11.8 Å². The van der Waals surface area contributed by atoms with Gasteiger partial charge in [0.25, 0.3) is 0 Å². The number of anilines is 2. The highest BCUT2D eigenvalue weighted by molar-refractivity contribution is 8.00. The number of thioether (sulfide) groups is 1. The van der Waals surface area contributed by atoms with Crippen molar-refractivity contribution in [1.29, 1.82) is 0 Å². The molecule has 0 aliphatic heterocycles. The number of nitrogens with zero attached hydrogens (tertiary/aromatic N) is 2. The Morgan fingerprint density at radius 2 is 1.90 bits per heavy atom. The normalized spacial score (nSPS) is 13.2. The fourth-order valence-corrected chi connectivity index (χ4v) is 5.81. The molecule has 0 saturated heterocycles. The van der Waals surface area contributed by atoms with Gasteiger partial charge in [-0.1, -0.05) is 17.8 Å². The van der Waals surface area contributed by atoms with Gasteiger partial charge in [-0.15, -0.1) is 11.3 Å². The van der Waals surface area contributed by atoms with Crippen LogP contribution in [0, 0.1) is 6.92 Å². The molecule has 0 radical (unpaired) electrons. The number of carbonyl (C=O) groups excluding carboxylic acids is 2. The molecule has 0 fully saturated rings. The minimum absolute atomic E-state index is 0.108. The van der Waals surface area contributed by atoms with Gasteiger partial charge < -0.3 is 10.6 Å². The maximum absolute atomic E-state index is 12.5. The van der Waals surface area contributed by atoms with Gasteiger partial charge in [-0.2, -0.15) is 0 Å². The standard InChI is InChI=1S/C21H22N4O2S2/c1-12-22-20(19-16-8-3-4-9-17(16)29-21(19)23-12)28-11-18(27)25-15-7-5-6-14(10-15)24-13(2)26/h5-7,10H,3-4,8-9,11H2,1-2H3,(H,24,26)(H,25,27). The van der Waals surface area contributed by atoms with Crippen molar-refractivity contribution in [3.63, 3.8) is 0 Å². The van der Waals surface area contributed by atoms with Crippen molar-refractivity contribution in [2.75, 3.05) is 16.4 Å². The molecule has 6 nitrogen and oxygen atoms in total. The number of nitrogens with one attached hydrogen (secondary N) is 2. The van der Waals surface area contributed by atoms with Crippen LogP contribution in [0.1, 0.15) is 36.0 Å². The third kappa shape index (κ3) is 4.59. The highest BCUT2D eigenvalue weighted by Crippen LogP contribution is 2.39. The first-order chi connectivity index (χ1) is 14.0. The Balaban J connectivity index is 1.49. The second kappa shape index (κ2) is 8.51. The molecule has 1 aliphatic rings. The number of amides is 2. The van der Waals surface area contributed by atoms with Crippen molar-refractivity contribution in [1.82, 2.24) is 9.97 Å². The molecule has 0 saturated carbocycles. The maximum atomic E-state index is 12.5. The van der Waals surface area contributed by atoms with Gasteiger partial charge in [-0.3, -0.25) is 9.59 Å². The lowest BCUT2D eigenvalue weighted by Crippen LogP contribution is -2.14. The second-order valence-corrected chi connectivity index (χ2v) is 9.11. The molecular weight excluding hydrogens is 404 g/mol. The minimum Gasteiger partial charge on any atom is -0.326 e. The summed E-state index contributed by atoms with van der Waals surface area (Å²) in [5.41, 5.74) is 2.68. The molecule has 0 atom stereocenters. The second-order valence-electron chi connectivity index (χ2n) is 7.07. The summed E-state index contributed by atoms with van der Waals surface area (Å²) in [6, 6.07) is 7.12. The molecule has 0 unspecified atom stereocenters. The van der Waals surface area contributed by atoms with Crippen LogP contribution in [0.4, 0.5) is 11.4 Å². The van der Waals surface area contributed by atoms with Gasteiger partial charge in [-0.05, 0) is 56.4 Å². The zero-order valence-electron chi connectivity index (χ0n) is 16.4. The van der Waals surface area contributed by atoms with Crippen molar-refractivity contribution in [3.8, 4) is 0 Å². The zero-order chi connectivity index (χ0) is 20.4. The van der Waals surface area contributed by atoms with Crippen molar-refractivity contribution in [3.05, 3.63) is 40.5 Å². The number of aromatic nitrogens is 2. The molecule has 0 bridgehead atoms. The van der Waals surface area contributed by atoms with Gasteiger partial charge in [0.1, 0.15) is 15.7 Å². The number of fused-ring (bicyclic) bond motifs is 3. The van der Waals surface area contributed by atoms with E-state index in [9.17, 15) is 9.59 Å². The molecule has 150 valence electrons. The summed E-state index contributed by atoms with van der Waals surface area (Å²) in [7, 11) is 0. The number of hydrogen-bond donors (Lipinski definition) is 2. The Hall–Kier alpha value is -2.45. The Kier molecular flexibility index (Phi) is 5.82. The predicted molar refractivity (Wildman–Crippen MR) is 119 cm³/mol. The van der Waals surface area contributed by atoms with E-state index < -0.39 is 0 Å². The van der Waals surface area contributed by atoms with E-state index >= 15 is 0 Å². The fourth-order valence-electron chi connectivity index (χ4n) is 3.54. The average molecular weight is 427 g/mol. The monoisotopic (exact) mass is 426 g/mol. The number of carbonyl (C=O) groups is 2. The number of hydrogen-bond acceptors (Lipinski definition) is 6. The first kappa shape index (κ1) is 19.8. The lowest BCUT2D eigenvalue weighted by molar-refractivity contribution is -0.114. The van der Waals surface area contributed by atoms with E-state index in [0.717, 1.165) is 33.9 Å². The van der Waals surface area contributed by atoms with Gasteiger partial charge in [-0.25, -0.2) is 9.97 Å². The van der Waals surface area contributed by atoms with Crippen LogP contribution >= 0.6 is 23.1 Å². The Morgan fingerprint density at radius 1 is 1.14 bits per heavy atom. The summed E-state index contributed by atoms with van der Waals surface area (Å²) in [5.74, 6) is 0.748. The highest BCUT2D eigenvalue weighted by atomic mass is 32.2. The number of aryl methyl sites for hydroxylation is 3. The van der Waals surface area contributed by atoms with Crippen molar-refractivity contribution in [2.45, 2.75) is 44.6 Å². The molecule has 0 spiro atoms. The topological polar surface area (TPSA) is 84.0 Å². The SMILES string of the molecule is CC(=O)Nc1cccc(NC(=O)CSc2nc(C)nc3sc4c(c23)CCCC4)c1. The van der Waals surface area contributed by atoms with Gasteiger partial charge >= 0.3 is 0 Å². The van der Waals surface area contributed by atoms with Crippen LogP contribution in [0.5, 0.6) is 0 Å². The summed E-state index contributed by atoms with van der Waals surface area (Å²) in [6.45, 7) is 3.35. The Labute approximate surface area is 177 Å². The quantitative estimate of drug-likeness (QED) is 0.461. The molecule has 2 amide bonds. The lowest BCUT2D eigenvalue weighted by atomic mass is 9.97. The summed E-state index contributed by atoms with van der Waals surface area (Å²) >= 11 is 3.23. The molecule has 2 aromatic heterocycles. The summed E-state index contributed by atoms with van der Waals surface area (Å²) < 4.78 is 0. The van der Waals surface area contributed by atoms with Crippen LogP contribution in [0.3, 0.4) is 0 Å². The molecule has 1 aromatic carbocycles. The van der Waals surface area contributed by atoms with E-state index in [0.29, 0.717) is 11.4 Å². The summed E-state index contributed by atoms with van der Waals surface area (Å²) in [4.78, 5) is 35.4. The number of rotatable bonds is 5. The van der Waals surface area contributed by atoms with Crippen molar-refractivity contribution < 1.29 is 9.59 Å². The third-order valence-corrected chi connectivity index (χ3v) is 6.86. The van der Waals surface area contributed by atoms with Gasteiger partial charge in [0.05, 0.1) is 5.75 Å². The fraction of sp³-hybridized carbons (Fsp3) is 0.333. The predicted octanol–water partition coefficient (Wildman–Crippen LogP) is 4.57. The van der Waals surface area contributed by atoms with E-state index in [2.05, 4.69) is 20.6 Å². The smallest absolute Gasteiger partial charge is 0.234 e. The van der Waals surface area contributed by atoms with E-state index in [1.807, 2.05) is 6.92 Å². The van der Waals surface area contributed by atoms with Gasteiger partial charge in [0.15, 0.2) is 0 Å². The number of benzene rings is 1. The Bertz CT molecular complexity index is 1090. The highest BCUT2D eigenvalue weighted by Gasteiger charge is 2.21. The Morgan fingerprint density at radius 3 is 2.69 bits per heavy atom. The van der Waals surface area contributed by atoms with Crippen LogP contribution in [0.2, 0.25) is 0 Å². The van der Waals surface area contributed by atoms with Crippen LogP contribution in [-0.2, 0) is 22.4 Å². The largest absolute Gasteiger partial charge is 0.326 e. The van der Waals surface area contributed by atoms with Crippen LogP contribution in [0.25, 0.3) is 10.2 Å². The van der Waals surface area contributed by atoms with Crippen molar-refractivity contribution >= 4 is 56.5 Å². The van der Waals surface area contributed by atoms with E-state index in [-0.39, 0.29) is 17.6 Å². The van der Waals surface area contributed by atoms with Crippen LogP contribution in [0.15, 0.2) is 29.3 Å². The number of thiophene rings is 1. The van der Waals surface area contributed by atoms with Gasteiger partial charge in [0, 0.05) is 28.6 Å². The molecule has 2 N–H and O–H groups in total. The molecule has 3 aromatic rings. The first-order valence-electron chi connectivity index (χ1n) is 9.59. The van der Waals surface area contributed by atoms with Crippen molar-refractivity contribution in [2.24, 2.45) is 0 Å². The third-order valence-electron chi connectivity index (χ3n) is 4.70. The average Bonchev–Trinajstić information content (AvgIpc) is 3.04. The van der Waals surface area contributed by atoms with Crippen LogP contribution in [-0.4, -0.2) is 27.5 Å². The lowest BCUT2D eigenvalue weighted by Gasteiger charge is -2.12. The molecule has 2 heterocycles. The first-order valence-corrected chi connectivity index (χ1v) is 11.4. The molecule has 1 aliphatic carbocycles. The molecule has 29 heavy (non-hydrogen) atoms. The molecule has 4 rings (SSSR count). The molecule has 8 heteroatoms. The van der Waals surface area contributed by atoms with E-state index in [1.54, 1.807) is 35.6 Å². The molecular formula is C21H22N4O2S2. The minimum atomic E-state index is -0.147. The summed E-state index contributed by atoms with van der Waals surface area (Å²) in [5, 5.41) is 7.65. The summed E-state index contributed by atoms with van der Waals surface area (Å²) in [6.07, 6.45) is 4.61. The maximum Gasteiger partial charge on any atom is 0.234 e. The van der Waals surface area contributed by atoms with E-state index in [4.69, 9.17) is 0 Å².